The number of methoxy groups -OCH3 is 1. The van der Waals surface area contributed by atoms with Gasteiger partial charge in [0.05, 0.1) is 12.7 Å². The summed E-state index contributed by atoms with van der Waals surface area (Å²) in [6.07, 6.45) is 4.57. The van der Waals surface area contributed by atoms with E-state index in [0.717, 1.165) is 36.1 Å². The Morgan fingerprint density at radius 1 is 1.15 bits per heavy atom. The molecule has 6 heteroatoms. The third-order valence-electron chi connectivity index (χ3n) is 6.25. The molecule has 1 amide bonds. The van der Waals surface area contributed by atoms with Crippen molar-refractivity contribution in [2.24, 2.45) is 16.3 Å². The van der Waals surface area contributed by atoms with Gasteiger partial charge in [-0.25, -0.2) is 9.38 Å². The first-order chi connectivity index (χ1) is 15.7. The van der Waals surface area contributed by atoms with Crippen LogP contribution in [0.5, 0.6) is 5.75 Å². The molecule has 0 aliphatic heterocycles. The number of thiophene rings is 1. The van der Waals surface area contributed by atoms with Gasteiger partial charge >= 0.3 is 0 Å². The Morgan fingerprint density at radius 2 is 1.85 bits per heavy atom. The molecule has 0 saturated heterocycles. The predicted molar refractivity (Wildman–Crippen MR) is 134 cm³/mol. The third kappa shape index (κ3) is 5.33. The largest absolute Gasteiger partial charge is 0.497 e. The number of anilines is 1. The number of hydrogen-bond donors (Lipinski definition) is 1. The van der Waals surface area contributed by atoms with E-state index in [-0.39, 0.29) is 17.1 Å². The van der Waals surface area contributed by atoms with Crippen molar-refractivity contribution in [3.63, 3.8) is 0 Å². The fraction of sp³-hybridized carbons (Fsp3) is 0.333. The summed E-state index contributed by atoms with van der Waals surface area (Å²) in [5.41, 5.74) is 3.47. The number of benzene rings is 2. The zero-order chi connectivity index (χ0) is 23.6. The van der Waals surface area contributed by atoms with Gasteiger partial charge in [0.2, 0.25) is 0 Å². The summed E-state index contributed by atoms with van der Waals surface area (Å²) in [7, 11) is 1.61. The van der Waals surface area contributed by atoms with E-state index in [1.807, 2.05) is 24.3 Å². The minimum absolute atomic E-state index is 0.155. The number of ether oxygens (including phenoxy) is 1. The van der Waals surface area contributed by atoms with E-state index in [1.165, 1.54) is 17.0 Å². The number of rotatable bonds is 5. The van der Waals surface area contributed by atoms with Crippen molar-refractivity contribution in [2.75, 3.05) is 12.4 Å². The molecule has 33 heavy (non-hydrogen) atoms. The van der Waals surface area contributed by atoms with Gasteiger partial charge in [0.15, 0.2) is 0 Å². The van der Waals surface area contributed by atoms with Crippen LogP contribution in [0.2, 0.25) is 0 Å². The highest BCUT2D eigenvalue weighted by Gasteiger charge is 2.33. The lowest BCUT2D eigenvalue weighted by Gasteiger charge is -2.33. The van der Waals surface area contributed by atoms with Crippen LogP contribution >= 0.6 is 11.3 Å². The molecule has 1 aromatic heterocycles. The summed E-state index contributed by atoms with van der Waals surface area (Å²) in [5.74, 6) is 0.860. The molecule has 1 heterocycles. The van der Waals surface area contributed by atoms with Gasteiger partial charge < -0.3 is 10.1 Å². The molecule has 1 aliphatic carbocycles. The summed E-state index contributed by atoms with van der Waals surface area (Å²) in [5, 5.41) is 3.72. The maximum absolute atomic E-state index is 13.4. The van der Waals surface area contributed by atoms with Crippen molar-refractivity contribution in [3.8, 4) is 5.75 Å². The fourth-order valence-electron chi connectivity index (χ4n) is 4.19. The molecule has 1 atom stereocenters. The molecule has 0 radical (unpaired) electrons. The second-order valence-corrected chi connectivity index (χ2v) is 10.6. The molecule has 4 nitrogen and oxygen atoms in total. The van der Waals surface area contributed by atoms with E-state index >= 15 is 0 Å². The number of nitrogens with one attached hydrogen (secondary N) is 1. The van der Waals surface area contributed by atoms with Crippen molar-refractivity contribution >= 4 is 34.1 Å². The Labute approximate surface area is 198 Å². The van der Waals surface area contributed by atoms with Crippen LogP contribution in [0.1, 0.15) is 53.6 Å². The van der Waals surface area contributed by atoms with E-state index in [2.05, 4.69) is 31.1 Å². The topological polar surface area (TPSA) is 50.7 Å². The van der Waals surface area contributed by atoms with Gasteiger partial charge in [-0.3, -0.25) is 4.79 Å². The van der Waals surface area contributed by atoms with Gasteiger partial charge in [0.25, 0.3) is 5.91 Å². The molecule has 4 rings (SSSR count). The number of hydrogen-bond acceptors (Lipinski definition) is 4. The zero-order valence-corrected chi connectivity index (χ0v) is 20.3. The first-order valence-electron chi connectivity index (χ1n) is 11.1. The van der Waals surface area contributed by atoms with E-state index in [0.29, 0.717) is 22.2 Å². The van der Waals surface area contributed by atoms with Crippen LogP contribution in [0.4, 0.5) is 15.1 Å². The summed E-state index contributed by atoms with van der Waals surface area (Å²) >= 11 is 1.60. The predicted octanol–water partition coefficient (Wildman–Crippen LogP) is 7.05. The highest BCUT2D eigenvalue weighted by Crippen LogP contribution is 2.45. The molecule has 0 saturated carbocycles. The lowest BCUT2D eigenvalue weighted by atomic mass is 9.72. The Kier molecular flexibility index (Phi) is 6.66. The van der Waals surface area contributed by atoms with Crippen LogP contribution in [0, 0.1) is 17.2 Å². The average Bonchev–Trinajstić information content (AvgIpc) is 3.16. The number of halogens is 1. The van der Waals surface area contributed by atoms with E-state index < -0.39 is 0 Å². The quantitative estimate of drug-likeness (QED) is 0.411. The second-order valence-electron chi connectivity index (χ2n) is 9.48. The molecule has 0 bridgehead atoms. The molecule has 0 spiro atoms. The number of carbonyl (C=O) groups excluding carboxylic acids is 1. The molecule has 2 aromatic carbocycles. The van der Waals surface area contributed by atoms with Crippen molar-refractivity contribution in [1.82, 2.24) is 0 Å². The number of nitrogens with zero attached hydrogens (tertiary/aromatic N) is 1. The molecule has 1 N–H and O–H groups in total. The molecule has 172 valence electrons. The van der Waals surface area contributed by atoms with Crippen LogP contribution in [-0.4, -0.2) is 19.2 Å². The second kappa shape index (κ2) is 9.48. The van der Waals surface area contributed by atoms with Crippen molar-refractivity contribution in [2.45, 2.75) is 40.0 Å². The summed E-state index contributed by atoms with van der Waals surface area (Å²) in [6.45, 7) is 6.84. The molecular formula is C27H29FN2O2S. The minimum Gasteiger partial charge on any atom is -0.497 e. The fourth-order valence-corrected chi connectivity index (χ4v) is 5.45. The van der Waals surface area contributed by atoms with Gasteiger partial charge in [-0.2, -0.15) is 0 Å². The van der Waals surface area contributed by atoms with Crippen molar-refractivity contribution < 1.29 is 13.9 Å². The van der Waals surface area contributed by atoms with E-state index in [9.17, 15) is 9.18 Å². The number of fused-ring (bicyclic) bond motifs is 1. The van der Waals surface area contributed by atoms with Crippen LogP contribution < -0.4 is 10.1 Å². The van der Waals surface area contributed by atoms with Gasteiger partial charge in [0, 0.05) is 16.8 Å². The summed E-state index contributed by atoms with van der Waals surface area (Å²) < 4.78 is 18.5. The number of aliphatic imine (C=N–C) groups is 1. The molecule has 3 aromatic rings. The van der Waals surface area contributed by atoms with Crippen molar-refractivity contribution in [3.05, 3.63) is 75.9 Å². The maximum Gasteiger partial charge on any atom is 0.259 e. The first kappa shape index (κ1) is 23.2. The smallest absolute Gasteiger partial charge is 0.259 e. The van der Waals surface area contributed by atoms with E-state index in [4.69, 9.17) is 4.74 Å². The monoisotopic (exact) mass is 464 g/mol. The average molecular weight is 465 g/mol. The molecule has 0 fully saturated rings. The standard InChI is InChI=1S/C27H29FN2O2S/c1-27(2,3)18-7-14-22-23(15-18)33-26(29-16-17-5-8-19(28)9-6-17)24(22)25(31)30-20-10-12-21(32-4)13-11-20/h5-6,8-13,16,18H,7,14-15H2,1-4H3,(H,30,31)/t18-/m0/s1. The third-order valence-corrected chi connectivity index (χ3v) is 7.41. The van der Waals surface area contributed by atoms with Crippen LogP contribution in [-0.2, 0) is 12.8 Å². The number of carbonyl (C=O) groups is 1. The SMILES string of the molecule is COc1ccc(NC(=O)c2c(N=Cc3ccc(F)cc3)sc3c2CC[C@H](C(C)(C)C)C3)cc1. The Bertz CT molecular complexity index is 1160. The van der Waals surface area contributed by atoms with Crippen molar-refractivity contribution in [1.29, 1.82) is 0 Å². The first-order valence-corrected chi connectivity index (χ1v) is 12.0. The summed E-state index contributed by atoms with van der Waals surface area (Å²) in [4.78, 5) is 19.3. The van der Waals surface area contributed by atoms with Crippen LogP contribution in [0.25, 0.3) is 0 Å². The van der Waals surface area contributed by atoms with Crippen LogP contribution in [0.3, 0.4) is 0 Å². The lowest BCUT2D eigenvalue weighted by molar-refractivity contribution is 0.102. The Morgan fingerprint density at radius 3 is 2.48 bits per heavy atom. The van der Waals surface area contributed by atoms with Gasteiger partial charge in [-0.15, -0.1) is 11.3 Å². The highest BCUT2D eigenvalue weighted by atomic mass is 32.1. The zero-order valence-electron chi connectivity index (χ0n) is 19.4. The van der Waals surface area contributed by atoms with Gasteiger partial charge in [0.1, 0.15) is 16.6 Å². The normalized spacial score (nSPS) is 16.0. The van der Waals surface area contributed by atoms with Gasteiger partial charge in [-0.05, 0) is 78.1 Å². The minimum atomic E-state index is -0.286. The number of amides is 1. The lowest BCUT2D eigenvalue weighted by Crippen LogP contribution is -2.27. The molecule has 1 aliphatic rings. The van der Waals surface area contributed by atoms with E-state index in [1.54, 1.807) is 36.8 Å². The maximum atomic E-state index is 13.4. The van der Waals surface area contributed by atoms with Gasteiger partial charge in [-0.1, -0.05) is 32.9 Å². The van der Waals surface area contributed by atoms with Crippen LogP contribution in [0.15, 0.2) is 53.5 Å². The summed E-state index contributed by atoms with van der Waals surface area (Å²) in [6, 6.07) is 13.5. The highest BCUT2D eigenvalue weighted by molar-refractivity contribution is 7.16. The molecule has 0 unspecified atom stereocenters. The Hall–Kier alpha value is -2.99. The molecular weight excluding hydrogens is 435 g/mol. The Balaban J connectivity index is 1.67.